The highest BCUT2D eigenvalue weighted by molar-refractivity contribution is 5.99. The molecule has 1 heterocycles. The van der Waals surface area contributed by atoms with Gasteiger partial charge in [-0.2, -0.15) is 10.4 Å². The number of carbonyl (C=O) groups is 2. The third-order valence-electron chi connectivity index (χ3n) is 6.34. The number of ether oxygens (including phenoxy) is 1. The van der Waals surface area contributed by atoms with Gasteiger partial charge in [0.2, 0.25) is 5.91 Å². The summed E-state index contributed by atoms with van der Waals surface area (Å²) in [6, 6.07) is 25.4. The van der Waals surface area contributed by atoms with E-state index in [1.807, 2.05) is 68.4 Å². The third kappa shape index (κ3) is 6.66. The van der Waals surface area contributed by atoms with E-state index < -0.39 is 6.03 Å². The molecule has 0 fully saturated rings. The maximum atomic E-state index is 13.5. The van der Waals surface area contributed by atoms with Gasteiger partial charge in [-0.3, -0.25) is 4.79 Å². The molecule has 1 aromatic heterocycles. The molecular weight excluding hydrogens is 504 g/mol. The topological polar surface area (TPSA) is 112 Å². The highest BCUT2D eigenvalue weighted by Crippen LogP contribution is 2.33. The average molecular weight is 537 g/mol. The van der Waals surface area contributed by atoms with Crippen LogP contribution in [0, 0.1) is 18.3 Å². The van der Waals surface area contributed by atoms with Gasteiger partial charge in [0.15, 0.2) is 0 Å². The van der Waals surface area contributed by atoms with Gasteiger partial charge in [0.1, 0.15) is 18.1 Å². The maximum absolute atomic E-state index is 13.5. The number of amides is 3. The summed E-state index contributed by atoms with van der Waals surface area (Å²) in [5.41, 5.74) is 4.13. The molecule has 0 saturated carbocycles. The van der Waals surface area contributed by atoms with Gasteiger partial charge in [0.05, 0.1) is 30.1 Å². The fourth-order valence-electron chi connectivity index (χ4n) is 4.32. The summed E-state index contributed by atoms with van der Waals surface area (Å²) in [7, 11) is 1.60. The van der Waals surface area contributed by atoms with E-state index in [4.69, 9.17) is 9.84 Å². The highest BCUT2D eigenvalue weighted by atomic mass is 16.5. The van der Waals surface area contributed by atoms with E-state index >= 15 is 0 Å². The first-order valence-corrected chi connectivity index (χ1v) is 13.1. The van der Waals surface area contributed by atoms with Gasteiger partial charge in [-0.15, -0.1) is 0 Å². The first kappa shape index (κ1) is 27.9. The number of carbonyl (C=O) groups excluding carboxylic acids is 2. The summed E-state index contributed by atoms with van der Waals surface area (Å²) in [4.78, 5) is 28.1. The van der Waals surface area contributed by atoms with Crippen molar-refractivity contribution < 1.29 is 14.3 Å². The monoisotopic (exact) mass is 536 g/mol. The number of nitrogens with one attached hydrogen (secondary N) is 2. The van der Waals surface area contributed by atoms with Gasteiger partial charge in [-0.05, 0) is 61.4 Å². The normalized spacial score (nSPS) is 10.4. The third-order valence-corrected chi connectivity index (χ3v) is 6.34. The number of aromatic nitrogens is 2. The minimum Gasteiger partial charge on any atom is -0.497 e. The van der Waals surface area contributed by atoms with Crippen LogP contribution in [0.5, 0.6) is 5.75 Å². The lowest BCUT2D eigenvalue weighted by atomic mass is 10.1. The first-order valence-electron chi connectivity index (χ1n) is 13.1. The van der Waals surface area contributed by atoms with Crippen LogP contribution in [0.3, 0.4) is 0 Å². The maximum Gasteiger partial charge on any atom is 0.322 e. The standard InChI is InChI=1S/C31H32N6O3/c1-4-5-18-36(31(39)33-25-13-9-10-23(19-25)20-32)21-28(38)34-30-29(24-11-7-6-8-12-24)22(2)35-37(30)26-14-16-27(40-3)17-15-26/h6-17,19H,4-5,18,21H2,1-3H3,(H,33,39)(H,34,38). The van der Waals surface area contributed by atoms with Crippen molar-refractivity contribution in [1.82, 2.24) is 14.7 Å². The van der Waals surface area contributed by atoms with Crippen LogP contribution in [0.4, 0.5) is 16.3 Å². The van der Waals surface area contributed by atoms with Crippen LogP contribution >= 0.6 is 0 Å². The number of rotatable bonds is 10. The molecule has 0 saturated heterocycles. The fraction of sp³-hybridized carbons (Fsp3) is 0.226. The average Bonchev–Trinajstić information content (AvgIpc) is 3.30. The predicted molar refractivity (Wildman–Crippen MR) is 156 cm³/mol. The molecule has 0 aliphatic heterocycles. The smallest absolute Gasteiger partial charge is 0.322 e. The van der Waals surface area contributed by atoms with Crippen molar-refractivity contribution >= 4 is 23.4 Å². The van der Waals surface area contributed by atoms with Gasteiger partial charge in [0.25, 0.3) is 0 Å². The van der Waals surface area contributed by atoms with Crippen molar-refractivity contribution in [3.63, 3.8) is 0 Å². The van der Waals surface area contributed by atoms with Crippen molar-refractivity contribution in [2.75, 3.05) is 30.8 Å². The number of nitriles is 1. The summed E-state index contributed by atoms with van der Waals surface area (Å²) < 4.78 is 6.99. The van der Waals surface area contributed by atoms with Crippen molar-refractivity contribution in [2.45, 2.75) is 26.7 Å². The second-order valence-corrected chi connectivity index (χ2v) is 9.23. The van der Waals surface area contributed by atoms with Crippen LogP contribution < -0.4 is 15.4 Å². The van der Waals surface area contributed by atoms with Gasteiger partial charge in [-0.1, -0.05) is 49.7 Å². The second kappa shape index (κ2) is 13.1. The number of anilines is 2. The quantitative estimate of drug-likeness (QED) is 0.258. The number of nitrogens with zero attached hydrogens (tertiary/aromatic N) is 4. The molecule has 0 aliphatic rings. The molecule has 0 radical (unpaired) electrons. The molecule has 0 atom stereocenters. The second-order valence-electron chi connectivity index (χ2n) is 9.23. The van der Waals surface area contributed by atoms with Crippen LogP contribution in [0.15, 0.2) is 78.9 Å². The van der Waals surface area contributed by atoms with E-state index in [1.54, 1.807) is 36.1 Å². The van der Waals surface area contributed by atoms with Gasteiger partial charge in [0, 0.05) is 17.8 Å². The number of methoxy groups -OCH3 is 1. The zero-order valence-electron chi connectivity index (χ0n) is 22.8. The minimum absolute atomic E-state index is 0.162. The van der Waals surface area contributed by atoms with Crippen molar-refractivity contribution in [1.29, 1.82) is 5.26 Å². The number of aryl methyl sites for hydroxylation is 1. The lowest BCUT2D eigenvalue weighted by Gasteiger charge is -2.23. The summed E-state index contributed by atoms with van der Waals surface area (Å²) in [6.07, 6.45) is 1.59. The molecule has 0 unspecified atom stereocenters. The lowest BCUT2D eigenvalue weighted by Crippen LogP contribution is -2.41. The Kier molecular flexibility index (Phi) is 9.15. The number of hydrogen-bond donors (Lipinski definition) is 2. The van der Waals surface area contributed by atoms with Crippen LogP contribution in [0.25, 0.3) is 16.8 Å². The number of benzene rings is 3. The Morgan fingerprint density at radius 2 is 1.77 bits per heavy atom. The van der Waals surface area contributed by atoms with Gasteiger partial charge in [-0.25, -0.2) is 9.48 Å². The number of hydrogen-bond acceptors (Lipinski definition) is 5. The molecule has 2 N–H and O–H groups in total. The SMILES string of the molecule is CCCCN(CC(=O)Nc1c(-c2ccccc2)c(C)nn1-c1ccc(OC)cc1)C(=O)Nc1cccc(C#N)c1. The van der Waals surface area contributed by atoms with Gasteiger partial charge >= 0.3 is 6.03 Å². The first-order chi connectivity index (χ1) is 19.4. The molecule has 3 aromatic carbocycles. The Labute approximate surface area is 234 Å². The molecule has 40 heavy (non-hydrogen) atoms. The molecule has 204 valence electrons. The number of urea groups is 1. The Morgan fingerprint density at radius 3 is 2.45 bits per heavy atom. The summed E-state index contributed by atoms with van der Waals surface area (Å²) in [5.74, 6) is 0.861. The highest BCUT2D eigenvalue weighted by Gasteiger charge is 2.23. The largest absolute Gasteiger partial charge is 0.497 e. The lowest BCUT2D eigenvalue weighted by molar-refractivity contribution is -0.116. The van der Waals surface area contributed by atoms with E-state index in [0.717, 1.165) is 35.3 Å². The van der Waals surface area contributed by atoms with Crippen LogP contribution in [0.1, 0.15) is 31.0 Å². The molecule has 0 aliphatic carbocycles. The summed E-state index contributed by atoms with van der Waals surface area (Å²) in [6.45, 7) is 4.16. The van der Waals surface area contributed by atoms with E-state index in [1.165, 1.54) is 4.90 Å². The van der Waals surface area contributed by atoms with E-state index in [2.05, 4.69) is 16.7 Å². The van der Waals surface area contributed by atoms with Crippen LogP contribution in [-0.2, 0) is 4.79 Å². The Bertz CT molecular complexity index is 1510. The Morgan fingerprint density at radius 1 is 1.02 bits per heavy atom. The molecule has 0 bridgehead atoms. The van der Waals surface area contributed by atoms with E-state index in [0.29, 0.717) is 29.4 Å². The Hall–Kier alpha value is -5.10. The number of unbranched alkanes of at least 4 members (excludes halogenated alkanes) is 1. The van der Waals surface area contributed by atoms with Crippen molar-refractivity contribution in [2.24, 2.45) is 0 Å². The fourth-order valence-corrected chi connectivity index (χ4v) is 4.32. The molecule has 3 amide bonds. The van der Waals surface area contributed by atoms with Crippen LogP contribution in [-0.4, -0.2) is 46.8 Å². The molecule has 4 aromatic rings. The zero-order valence-corrected chi connectivity index (χ0v) is 22.8. The van der Waals surface area contributed by atoms with Gasteiger partial charge < -0.3 is 20.3 Å². The van der Waals surface area contributed by atoms with E-state index in [9.17, 15) is 14.9 Å². The van der Waals surface area contributed by atoms with E-state index in [-0.39, 0.29) is 12.5 Å². The molecule has 0 spiro atoms. The summed E-state index contributed by atoms with van der Waals surface area (Å²) >= 11 is 0. The summed E-state index contributed by atoms with van der Waals surface area (Å²) in [5, 5.41) is 19.8. The molecule has 9 nitrogen and oxygen atoms in total. The molecular formula is C31H32N6O3. The minimum atomic E-state index is -0.415. The predicted octanol–water partition coefficient (Wildman–Crippen LogP) is 6.00. The zero-order chi connectivity index (χ0) is 28.5. The molecule has 9 heteroatoms. The van der Waals surface area contributed by atoms with Crippen LogP contribution in [0.2, 0.25) is 0 Å². The Balaban J connectivity index is 1.62. The molecule has 4 rings (SSSR count). The van der Waals surface area contributed by atoms with Crippen molar-refractivity contribution in [3.05, 3.63) is 90.1 Å². The van der Waals surface area contributed by atoms with Crippen molar-refractivity contribution in [3.8, 4) is 28.6 Å².